The lowest BCUT2D eigenvalue weighted by Crippen LogP contribution is -2.39. The smallest absolute Gasteiger partial charge is 0.338 e. The molecule has 184 valence electrons. The van der Waals surface area contributed by atoms with Gasteiger partial charge in [0.15, 0.2) is 4.80 Å². The maximum absolute atomic E-state index is 13.6. The van der Waals surface area contributed by atoms with Gasteiger partial charge in [0.25, 0.3) is 5.56 Å². The highest BCUT2D eigenvalue weighted by Gasteiger charge is 2.33. The van der Waals surface area contributed by atoms with Crippen LogP contribution in [0.2, 0.25) is 0 Å². The third-order valence-corrected chi connectivity index (χ3v) is 6.43. The summed E-state index contributed by atoms with van der Waals surface area (Å²) in [4.78, 5) is 42.9. The molecule has 4 rings (SSSR count). The van der Waals surface area contributed by atoms with Gasteiger partial charge in [0.05, 0.1) is 29.0 Å². The van der Waals surface area contributed by atoms with Crippen LogP contribution in [0.15, 0.2) is 82.2 Å². The fourth-order valence-corrected chi connectivity index (χ4v) is 4.89. The number of aromatic nitrogens is 1. The standard InChI is InChI=1S/C27H24N2O6S/c1-5-14-34-26(32)23-16(2)28-27-29(24(23)19-8-12-20(33-4)13-9-19)25(31)22(36-27)15-18-6-10-21(11-7-18)35-17(3)30/h5-13,15,24H,1,14H2,2-4H3/b22-15-. The van der Waals surface area contributed by atoms with Crippen LogP contribution in [0.5, 0.6) is 11.5 Å². The van der Waals surface area contributed by atoms with Gasteiger partial charge >= 0.3 is 11.9 Å². The molecule has 0 spiro atoms. The molecule has 2 heterocycles. The van der Waals surface area contributed by atoms with E-state index in [-0.39, 0.29) is 17.7 Å². The molecule has 1 atom stereocenters. The summed E-state index contributed by atoms with van der Waals surface area (Å²) in [6.07, 6.45) is 3.22. The number of rotatable bonds is 7. The number of methoxy groups -OCH3 is 1. The van der Waals surface area contributed by atoms with Crippen LogP contribution in [0.4, 0.5) is 0 Å². The number of hydrogen-bond donors (Lipinski definition) is 0. The van der Waals surface area contributed by atoms with E-state index in [9.17, 15) is 14.4 Å². The molecule has 0 N–H and O–H groups in total. The Kier molecular flexibility index (Phi) is 7.30. The molecule has 1 unspecified atom stereocenters. The van der Waals surface area contributed by atoms with Crippen LogP contribution >= 0.6 is 11.3 Å². The molecule has 0 fully saturated rings. The summed E-state index contributed by atoms with van der Waals surface area (Å²) in [7, 11) is 1.57. The summed E-state index contributed by atoms with van der Waals surface area (Å²) in [5.41, 5.74) is 1.94. The van der Waals surface area contributed by atoms with Crippen LogP contribution in [-0.2, 0) is 14.3 Å². The van der Waals surface area contributed by atoms with E-state index in [0.29, 0.717) is 32.1 Å². The van der Waals surface area contributed by atoms with E-state index in [1.807, 2.05) is 12.1 Å². The predicted molar refractivity (Wildman–Crippen MR) is 136 cm³/mol. The molecule has 0 saturated heterocycles. The van der Waals surface area contributed by atoms with Crippen LogP contribution < -0.4 is 24.4 Å². The van der Waals surface area contributed by atoms with Gasteiger partial charge in [0.1, 0.15) is 18.1 Å². The van der Waals surface area contributed by atoms with E-state index in [1.165, 1.54) is 28.9 Å². The lowest BCUT2D eigenvalue weighted by molar-refractivity contribution is -0.138. The molecule has 9 heteroatoms. The van der Waals surface area contributed by atoms with Gasteiger partial charge in [-0.3, -0.25) is 14.2 Å². The molecule has 0 radical (unpaired) electrons. The summed E-state index contributed by atoms with van der Waals surface area (Å²) < 4.78 is 17.6. The summed E-state index contributed by atoms with van der Waals surface area (Å²) in [6, 6.07) is 13.3. The fourth-order valence-electron chi connectivity index (χ4n) is 3.85. The first-order valence-corrected chi connectivity index (χ1v) is 11.9. The fraction of sp³-hybridized carbons (Fsp3) is 0.185. The van der Waals surface area contributed by atoms with Crippen LogP contribution in [-0.4, -0.2) is 30.2 Å². The largest absolute Gasteiger partial charge is 0.497 e. The third-order valence-electron chi connectivity index (χ3n) is 5.44. The zero-order valence-corrected chi connectivity index (χ0v) is 20.8. The van der Waals surface area contributed by atoms with Crippen LogP contribution in [0.3, 0.4) is 0 Å². The lowest BCUT2D eigenvalue weighted by Gasteiger charge is -2.24. The minimum Gasteiger partial charge on any atom is -0.497 e. The molecule has 2 aromatic carbocycles. The second-order valence-electron chi connectivity index (χ2n) is 7.90. The van der Waals surface area contributed by atoms with E-state index >= 15 is 0 Å². The molecule has 1 aliphatic heterocycles. The highest BCUT2D eigenvalue weighted by atomic mass is 32.1. The Bertz CT molecular complexity index is 1530. The highest BCUT2D eigenvalue weighted by molar-refractivity contribution is 7.07. The second-order valence-corrected chi connectivity index (χ2v) is 8.91. The Morgan fingerprint density at radius 2 is 1.78 bits per heavy atom. The van der Waals surface area contributed by atoms with Crippen molar-refractivity contribution >= 4 is 29.4 Å². The Morgan fingerprint density at radius 3 is 2.39 bits per heavy atom. The van der Waals surface area contributed by atoms with Gasteiger partial charge in [0.2, 0.25) is 0 Å². The van der Waals surface area contributed by atoms with Crippen molar-refractivity contribution in [3.8, 4) is 11.5 Å². The first-order valence-electron chi connectivity index (χ1n) is 11.1. The molecule has 36 heavy (non-hydrogen) atoms. The average Bonchev–Trinajstić information content (AvgIpc) is 3.16. The zero-order valence-electron chi connectivity index (χ0n) is 20.0. The summed E-state index contributed by atoms with van der Waals surface area (Å²) >= 11 is 1.23. The van der Waals surface area contributed by atoms with Gasteiger partial charge in [-0.2, -0.15) is 0 Å². The first-order chi connectivity index (χ1) is 17.3. The van der Waals surface area contributed by atoms with Crippen molar-refractivity contribution in [1.82, 2.24) is 4.57 Å². The predicted octanol–water partition coefficient (Wildman–Crippen LogP) is 2.90. The lowest BCUT2D eigenvalue weighted by atomic mass is 9.96. The Balaban J connectivity index is 1.84. The van der Waals surface area contributed by atoms with Crippen LogP contribution in [0.25, 0.3) is 6.08 Å². The van der Waals surface area contributed by atoms with Gasteiger partial charge in [-0.05, 0) is 48.4 Å². The maximum Gasteiger partial charge on any atom is 0.338 e. The van der Waals surface area contributed by atoms with Crippen molar-refractivity contribution in [3.63, 3.8) is 0 Å². The minimum atomic E-state index is -0.724. The molecular formula is C27H24N2O6S. The van der Waals surface area contributed by atoms with Gasteiger partial charge in [-0.25, -0.2) is 9.79 Å². The number of carbonyl (C=O) groups excluding carboxylic acids is 2. The number of thiazole rings is 1. The topological polar surface area (TPSA) is 96.2 Å². The maximum atomic E-state index is 13.6. The van der Waals surface area contributed by atoms with Gasteiger partial charge in [-0.1, -0.05) is 48.3 Å². The Hall–Kier alpha value is -4.24. The van der Waals surface area contributed by atoms with Crippen molar-refractivity contribution < 1.29 is 23.8 Å². The quantitative estimate of drug-likeness (QED) is 0.279. The molecule has 3 aromatic rings. The molecule has 0 aliphatic carbocycles. The highest BCUT2D eigenvalue weighted by Crippen LogP contribution is 2.31. The van der Waals surface area contributed by atoms with Crippen molar-refractivity contribution in [1.29, 1.82) is 0 Å². The third kappa shape index (κ3) is 5.06. The average molecular weight is 505 g/mol. The molecule has 1 aliphatic rings. The van der Waals surface area contributed by atoms with Crippen molar-refractivity contribution in [2.45, 2.75) is 19.9 Å². The van der Waals surface area contributed by atoms with Crippen molar-refractivity contribution in [2.75, 3.05) is 13.7 Å². The Morgan fingerprint density at radius 1 is 1.11 bits per heavy atom. The van der Waals surface area contributed by atoms with E-state index in [0.717, 1.165) is 5.56 Å². The van der Waals surface area contributed by atoms with E-state index in [1.54, 1.807) is 56.5 Å². The summed E-state index contributed by atoms with van der Waals surface area (Å²) in [6.45, 7) is 6.69. The van der Waals surface area contributed by atoms with Gasteiger partial charge in [-0.15, -0.1) is 0 Å². The summed E-state index contributed by atoms with van der Waals surface area (Å²) in [5, 5.41) is 0. The Labute approximate surface area is 211 Å². The number of ether oxygens (including phenoxy) is 3. The zero-order chi connectivity index (χ0) is 25.8. The number of hydrogen-bond acceptors (Lipinski definition) is 8. The monoisotopic (exact) mass is 504 g/mol. The second kappa shape index (κ2) is 10.6. The normalized spacial score (nSPS) is 15.1. The summed E-state index contributed by atoms with van der Waals surface area (Å²) in [5.74, 6) is 0.0958. The SMILES string of the molecule is C=CCOC(=O)C1=C(C)N=c2s/c(=C\c3ccc(OC(C)=O)cc3)c(=O)n2C1c1ccc(OC)cc1. The molecule has 0 amide bonds. The molecule has 1 aromatic heterocycles. The van der Waals surface area contributed by atoms with Gasteiger partial charge in [0, 0.05) is 6.92 Å². The van der Waals surface area contributed by atoms with E-state index < -0.39 is 18.0 Å². The molecule has 0 saturated carbocycles. The molecule has 0 bridgehead atoms. The van der Waals surface area contributed by atoms with Crippen LogP contribution in [0.1, 0.15) is 31.0 Å². The van der Waals surface area contributed by atoms with Crippen molar-refractivity contribution in [2.24, 2.45) is 4.99 Å². The van der Waals surface area contributed by atoms with E-state index in [4.69, 9.17) is 14.2 Å². The molecule has 8 nitrogen and oxygen atoms in total. The number of nitrogens with zero attached hydrogens (tertiary/aromatic N) is 2. The number of carbonyl (C=O) groups is 2. The number of fused-ring (bicyclic) bond motifs is 1. The van der Waals surface area contributed by atoms with Gasteiger partial charge < -0.3 is 14.2 Å². The molecular weight excluding hydrogens is 480 g/mol. The first kappa shape index (κ1) is 24.9. The van der Waals surface area contributed by atoms with E-state index in [2.05, 4.69) is 11.6 Å². The number of benzene rings is 2. The van der Waals surface area contributed by atoms with Crippen LogP contribution in [0, 0.1) is 0 Å². The minimum absolute atomic E-state index is 0.0404. The number of allylic oxidation sites excluding steroid dienone is 1. The number of esters is 2. The van der Waals surface area contributed by atoms with Crippen molar-refractivity contribution in [3.05, 3.63) is 103 Å².